The SMILES string of the molecule is COc1ccc([C@@H]2CC(=O)c3cn4nc(SCc5cccc([N+](=O)[O-])c5)nc4nc3C2)cc1. The number of nitrogens with zero attached hydrogens (tertiary/aromatic N) is 5. The fourth-order valence-corrected chi connectivity index (χ4v) is 4.71. The molecule has 0 spiro atoms. The fraction of sp³-hybridized carbons (Fsp3) is 0.217. The molecule has 4 aromatic rings. The highest BCUT2D eigenvalue weighted by Crippen LogP contribution is 2.33. The van der Waals surface area contributed by atoms with Crippen molar-refractivity contribution in [3.8, 4) is 5.75 Å². The summed E-state index contributed by atoms with van der Waals surface area (Å²) in [5.41, 5.74) is 3.23. The number of rotatable bonds is 6. The second-order valence-electron chi connectivity index (χ2n) is 7.76. The number of ether oxygens (including phenoxy) is 1. The standard InChI is InChI=1S/C23H19N5O4S/c1-32-18-7-5-15(6-8-18)16-10-20-19(21(29)11-16)12-27-22(24-20)25-23(26-27)33-13-14-3-2-4-17(9-14)28(30)31/h2-9,12,16H,10-11,13H2,1H3/t16-/m0/s1. The Morgan fingerprint density at radius 2 is 2.00 bits per heavy atom. The van der Waals surface area contributed by atoms with Crippen LogP contribution in [0.3, 0.4) is 0 Å². The minimum atomic E-state index is -0.415. The number of thioether (sulfide) groups is 1. The van der Waals surface area contributed by atoms with Crippen LogP contribution < -0.4 is 4.74 Å². The van der Waals surface area contributed by atoms with Crippen LogP contribution >= 0.6 is 11.8 Å². The number of ketones is 1. The first-order valence-corrected chi connectivity index (χ1v) is 11.3. The van der Waals surface area contributed by atoms with E-state index in [4.69, 9.17) is 4.74 Å². The van der Waals surface area contributed by atoms with Crippen molar-refractivity contribution in [3.63, 3.8) is 0 Å². The molecule has 2 aromatic carbocycles. The Morgan fingerprint density at radius 3 is 2.76 bits per heavy atom. The van der Waals surface area contributed by atoms with Gasteiger partial charge in [0.1, 0.15) is 5.75 Å². The van der Waals surface area contributed by atoms with E-state index in [1.807, 2.05) is 30.3 Å². The number of hydrogen-bond donors (Lipinski definition) is 0. The van der Waals surface area contributed by atoms with Crippen LogP contribution in [0.5, 0.6) is 5.75 Å². The van der Waals surface area contributed by atoms with Crippen LogP contribution in [0, 0.1) is 10.1 Å². The van der Waals surface area contributed by atoms with E-state index in [2.05, 4.69) is 15.1 Å². The molecule has 0 saturated heterocycles. The Kier molecular flexibility index (Phi) is 5.51. The van der Waals surface area contributed by atoms with Crippen molar-refractivity contribution in [2.75, 3.05) is 7.11 Å². The highest BCUT2D eigenvalue weighted by molar-refractivity contribution is 7.98. The average molecular weight is 462 g/mol. The first kappa shape index (κ1) is 21.1. The summed E-state index contributed by atoms with van der Waals surface area (Å²) < 4.78 is 6.75. The molecule has 0 radical (unpaired) electrons. The molecule has 0 unspecified atom stereocenters. The van der Waals surface area contributed by atoms with Gasteiger partial charge in [-0.15, -0.1) is 5.10 Å². The number of hydrogen-bond acceptors (Lipinski definition) is 8. The summed E-state index contributed by atoms with van der Waals surface area (Å²) in [7, 11) is 1.62. The topological polar surface area (TPSA) is 113 Å². The van der Waals surface area contributed by atoms with Crippen LogP contribution in [0.1, 0.15) is 39.5 Å². The quantitative estimate of drug-likeness (QED) is 0.238. The third-order valence-electron chi connectivity index (χ3n) is 5.64. The Labute approximate surface area is 193 Å². The minimum absolute atomic E-state index is 0.0350. The van der Waals surface area contributed by atoms with Crippen molar-refractivity contribution >= 4 is 29.0 Å². The van der Waals surface area contributed by atoms with Crippen molar-refractivity contribution in [1.82, 2.24) is 19.6 Å². The predicted molar refractivity (Wildman–Crippen MR) is 122 cm³/mol. The Morgan fingerprint density at radius 1 is 1.18 bits per heavy atom. The molecule has 166 valence electrons. The molecule has 0 bridgehead atoms. The summed E-state index contributed by atoms with van der Waals surface area (Å²) in [6, 6.07) is 14.3. The van der Waals surface area contributed by atoms with E-state index >= 15 is 0 Å². The molecule has 1 aliphatic rings. The second-order valence-corrected chi connectivity index (χ2v) is 8.70. The Balaban J connectivity index is 1.36. The zero-order valence-electron chi connectivity index (χ0n) is 17.7. The van der Waals surface area contributed by atoms with E-state index in [0.29, 0.717) is 35.1 Å². The molecule has 1 aliphatic carbocycles. The third kappa shape index (κ3) is 4.29. The van der Waals surface area contributed by atoms with Gasteiger partial charge in [-0.2, -0.15) is 4.98 Å². The molecule has 0 amide bonds. The third-order valence-corrected chi connectivity index (χ3v) is 6.55. The smallest absolute Gasteiger partial charge is 0.269 e. The van der Waals surface area contributed by atoms with E-state index in [1.165, 1.54) is 28.4 Å². The van der Waals surface area contributed by atoms with Crippen LogP contribution in [0.15, 0.2) is 59.9 Å². The molecule has 5 rings (SSSR count). The minimum Gasteiger partial charge on any atom is -0.497 e. The molecule has 0 N–H and O–H groups in total. The summed E-state index contributed by atoms with van der Waals surface area (Å²) >= 11 is 1.36. The lowest BCUT2D eigenvalue weighted by Gasteiger charge is -2.23. The maximum absolute atomic E-state index is 12.9. The Bertz CT molecular complexity index is 1370. The van der Waals surface area contributed by atoms with Crippen molar-refractivity contribution < 1.29 is 14.5 Å². The van der Waals surface area contributed by atoms with Crippen LogP contribution in [0.4, 0.5) is 5.69 Å². The van der Waals surface area contributed by atoms with Crippen molar-refractivity contribution in [2.45, 2.75) is 29.7 Å². The zero-order valence-corrected chi connectivity index (χ0v) is 18.5. The van der Waals surface area contributed by atoms with E-state index in [-0.39, 0.29) is 17.4 Å². The summed E-state index contributed by atoms with van der Waals surface area (Å²) in [6.45, 7) is 0. The van der Waals surface area contributed by atoms with Gasteiger partial charge >= 0.3 is 0 Å². The van der Waals surface area contributed by atoms with E-state index in [1.54, 1.807) is 19.4 Å². The number of carbonyl (C=O) groups is 1. The molecule has 33 heavy (non-hydrogen) atoms. The van der Waals surface area contributed by atoms with Crippen molar-refractivity contribution in [3.05, 3.63) is 87.2 Å². The average Bonchev–Trinajstić information content (AvgIpc) is 3.23. The van der Waals surface area contributed by atoms with Gasteiger partial charge in [-0.25, -0.2) is 9.50 Å². The van der Waals surface area contributed by atoms with Gasteiger partial charge in [0.25, 0.3) is 11.5 Å². The number of nitro benzene ring substituents is 1. The summed E-state index contributed by atoms with van der Waals surface area (Å²) in [6.07, 6.45) is 2.76. The first-order chi connectivity index (χ1) is 16.0. The number of methoxy groups -OCH3 is 1. The monoisotopic (exact) mass is 461 g/mol. The molecule has 0 fully saturated rings. The normalized spacial score (nSPS) is 15.4. The number of nitro groups is 1. The van der Waals surface area contributed by atoms with Crippen molar-refractivity contribution in [1.29, 1.82) is 0 Å². The number of fused-ring (bicyclic) bond motifs is 2. The largest absolute Gasteiger partial charge is 0.497 e. The summed E-state index contributed by atoms with van der Waals surface area (Å²) in [4.78, 5) is 32.5. The van der Waals surface area contributed by atoms with Gasteiger partial charge in [0.2, 0.25) is 5.16 Å². The molecule has 0 saturated carbocycles. The maximum atomic E-state index is 12.9. The molecule has 0 aliphatic heterocycles. The van der Waals surface area contributed by atoms with Gasteiger partial charge < -0.3 is 4.74 Å². The fourth-order valence-electron chi connectivity index (χ4n) is 3.95. The van der Waals surface area contributed by atoms with Gasteiger partial charge in [0.05, 0.1) is 23.3 Å². The second kappa shape index (κ2) is 8.62. The van der Waals surface area contributed by atoms with Gasteiger partial charge in [0.15, 0.2) is 5.78 Å². The highest BCUT2D eigenvalue weighted by atomic mass is 32.2. The van der Waals surface area contributed by atoms with Gasteiger partial charge in [-0.1, -0.05) is 36.0 Å². The van der Waals surface area contributed by atoms with Crippen LogP contribution in [-0.4, -0.2) is 37.4 Å². The lowest BCUT2D eigenvalue weighted by atomic mass is 9.82. The number of non-ortho nitro benzene ring substituents is 1. The molecule has 2 aromatic heterocycles. The number of Topliss-reactive ketones (excluding diaryl/α,β-unsaturated/α-hetero) is 1. The molecule has 10 heteroatoms. The molecule has 2 heterocycles. The number of benzene rings is 2. The number of carbonyl (C=O) groups excluding carboxylic acids is 1. The molecular formula is C23H19N5O4S. The molecular weight excluding hydrogens is 442 g/mol. The lowest BCUT2D eigenvalue weighted by Crippen LogP contribution is -2.21. The summed E-state index contributed by atoms with van der Waals surface area (Å²) in [5, 5.41) is 15.9. The van der Waals surface area contributed by atoms with Crippen molar-refractivity contribution in [2.24, 2.45) is 0 Å². The van der Waals surface area contributed by atoms with E-state index in [9.17, 15) is 14.9 Å². The molecule has 9 nitrogen and oxygen atoms in total. The first-order valence-electron chi connectivity index (χ1n) is 10.3. The van der Waals surface area contributed by atoms with Gasteiger partial charge in [0, 0.05) is 30.5 Å². The van der Waals surface area contributed by atoms with Crippen LogP contribution in [0.2, 0.25) is 0 Å². The zero-order chi connectivity index (χ0) is 22.9. The maximum Gasteiger partial charge on any atom is 0.269 e. The number of aromatic nitrogens is 4. The van der Waals surface area contributed by atoms with E-state index < -0.39 is 4.92 Å². The lowest BCUT2D eigenvalue weighted by molar-refractivity contribution is -0.384. The van der Waals surface area contributed by atoms with Gasteiger partial charge in [-0.3, -0.25) is 14.9 Å². The van der Waals surface area contributed by atoms with E-state index in [0.717, 1.165) is 22.6 Å². The van der Waals surface area contributed by atoms with Crippen LogP contribution in [0.25, 0.3) is 5.78 Å². The summed E-state index contributed by atoms with van der Waals surface area (Å²) in [5.74, 6) is 1.78. The van der Waals surface area contributed by atoms with Crippen LogP contribution in [-0.2, 0) is 12.2 Å². The molecule has 1 atom stereocenters. The highest BCUT2D eigenvalue weighted by Gasteiger charge is 2.28. The predicted octanol–water partition coefficient (Wildman–Crippen LogP) is 4.25. The Hall–Kier alpha value is -3.79. The van der Waals surface area contributed by atoms with Gasteiger partial charge in [-0.05, 0) is 35.6 Å².